The summed E-state index contributed by atoms with van der Waals surface area (Å²) < 4.78 is 40.2. The van der Waals surface area contributed by atoms with Crippen LogP contribution in [0.3, 0.4) is 0 Å². The fourth-order valence-corrected chi connectivity index (χ4v) is 4.85. The molecule has 0 aliphatic heterocycles. The van der Waals surface area contributed by atoms with Crippen molar-refractivity contribution in [1.82, 2.24) is 24.5 Å². The molecule has 0 amide bonds. The Kier molecular flexibility index (Phi) is 6.56. The fourth-order valence-electron chi connectivity index (χ4n) is 4.57. The highest BCUT2D eigenvalue weighted by Crippen LogP contribution is 2.55. The Bertz CT molecular complexity index is 1590. The van der Waals surface area contributed by atoms with Gasteiger partial charge in [0.1, 0.15) is 11.1 Å². The zero-order valence-corrected chi connectivity index (χ0v) is 21.4. The fraction of sp³-hybridized carbons (Fsp3) is 0.296. The van der Waals surface area contributed by atoms with Crippen molar-refractivity contribution in [2.75, 3.05) is 0 Å². The van der Waals surface area contributed by atoms with E-state index in [4.69, 9.17) is 11.6 Å². The number of halogens is 4. The number of pyridine rings is 3. The monoisotopic (exact) mass is 541 g/mol. The number of aryl methyl sites for hydroxylation is 2. The van der Waals surface area contributed by atoms with E-state index >= 15 is 0 Å². The first-order valence-corrected chi connectivity index (χ1v) is 12.3. The summed E-state index contributed by atoms with van der Waals surface area (Å²) in [4.78, 5) is 30.4. The number of nitrogens with zero attached hydrogens (tertiary/aromatic N) is 5. The van der Waals surface area contributed by atoms with Gasteiger partial charge in [-0.05, 0) is 74.6 Å². The smallest absolute Gasteiger partial charge is 0.385 e. The maximum Gasteiger partial charge on any atom is 0.417 e. The zero-order valence-electron chi connectivity index (χ0n) is 20.7. The third kappa shape index (κ3) is 4.81. The van der Waals surface area contributed by atoms with Gasteiger partial charge >= 0.3 is 6.18 Å². The Morgan fingerprint density at radius 2 is 1.82 bits per heavy atom. The van der Waals surface area contributed by atoms with E-state index in [0.29, 0.717) is 40.4 Å². The summed E-state index contributed by atoms with van der Waals surface area (Å²) in [6.07, 6.45) is -0.653. The minimum atomic E-state index is -4.45. The largest absolute Gasteiger partial charge is 0.417 e. The van der Waals surface area contributed by atoms with Crippen LogP contribution in [-0.2, 0) is 6.18 Å². The van der Waals surface area contributed by atoms with Gasteiger partial charge in [0, 0.05) is 35.9 Å². The van der Waals surface area contributed by atoms with Gasteiger partial charge in [0.05, 0.1) is 22.6 Å². The summed E-state index contributed by atoms with van der Waals surface area (Å²) >= 11 is 6.59. The van der Waals surface area contributed by atoms with Crippen LogP contribution in [0, 0.1) is 13.8 Å². The normalized spacial score (nSPS) is 17.9. The average molecular weight is 542 g/mol. The summed E-state index contributed by atoms with van der Waals surface area (Å²) in [5.74, 6) is 0.0371. The molecule has 1 N–H and O–H groups in total. The SMILES string of the molecule is Cc1cnc(-c2ccnc(C(C)O)n2)cc1-n1c(C)cc(C2CC2c2ccc(C(F)(F)F)cn2)c(Cl)c1=O. The van der Waals surface area contributed by atoms with Crippen LogP contribution < -0.4 is 5.56 Å². The third-order valence-corrected chi connectivity index (χ3v) is 7.05. The highest BCUT2D eigenvalue weighted by atomic mass is 35.5. The van der Waals surface area contributed by atoms with E-state index in [0.717, 1.165) is 17.8 Å². The van der Waals surface area contributed by atoms with Crippen LogP contribution in [0.2, 0.25) is 5.02 Å². The molecule has 1 fully saturated rings. The van der Waals surface area contributed by atoms with Gasteiger partial charge in [-0.3, -0.25) is 19.3 Å². The molecule has 196 valence electrons. The van der Waals surface area contributed by atoms with Crippen LogP contribution in [0.5, 0.6) is 0 Å². The van der Waals surface area contributed by atoms with E-state index in [2.05, 4.69) is 19.9 Å². The number of hydrogen-bond acceptors (Lipinski definition) is 6. The van der Waals surface area contributed by atoms with Gasteiger partial charge in [-0.15, -0.1) is 0 Å². The van der Waals surface area contributed by atoms with Crippen LogP contribution in [0.4, 0.5) is 13.2 Å². The molecule has 0 saturated heterocycles. The van der Waals surface area contributed by atoms with Crippen LogP contribution in [0.1, 0.15) is 65.2 Å². The topological polar surface area (TPSA) is 93.8 Å². The van der Waals surface area contributed by atoms with Gasteiger partial charge in [-0.2, -0.15) is 13.2 Å². The Hall–Kier alpha value is -3.63. The molecule has 5 rings (SSSR count). The van der Waals surface area contributed by atoms with Gasteiger partial charge in [-0.25, -0.2) is 9.97 Å². The Morgan fingerprint density at radius 3 is 2.47 bits per heavy atom. The van der Waals surface area contributed by atoms with Crippen molar-refractivity contribution in [3.05, 3.63) is 98.2 Å². The molecular formula is C27H23ClF3N5O2. The van der Waals surface area contributed by atoms with Crippen LogP contribution in [0.15, 0.2) is 53.7 Å². The Labute approximate surface area is 221 Å². The Balaban J connectivity index is 1.49. The van der Waals surface area contributed by atoms with Crippen molar-refractivity contribution in [1.29, 1.82) is 0 Å². The molecule has 4 heterocycles. The highest BCUT2D eigenvalue weighted by Gasteiger charge is 2.43. The molecule has 11 heteroatoms. The van der Waals surface area contributed by atoms with Gasteiger partial charge in [0.25, 0.3) is 5.56 Å². The van der Waals surface area contributed by atoms with Crippen LogP contribution in [0.25, 0.3) is 17.1 Å². The lowest BCUT2D eigenvalue weighted by Gasteiger charge is -2.16. The average Bonchev–Trinajstić information content (AvgIpc) is 3.68. The second-order valence-corrected chi connectivity index (χ2v) is 9.82. The van der Waals surface area contributed by atoms with Gasteiger partial charge < -0.3 is 5.11 Å². The van der Waals surface area contributed by atoms with Crippen molar-refractivity contribution in [3.63, 3.8) is 0 Å². The maximum atomic E-state index is 13.5. The summed E-state index contributed by atoms with van der Waals surface area (Å²) in [5.41, 5.74) is 2.95. The second kappa shape index (κ2) is 9.59. The second-order valence-electron chi connectivity index (χ2n) is 9.45. The summed E-state index contributed by atoms with van der Waals surface area (Å²) in [6.45, 7) is 5.19. The molecule has 0 bridgehead atoms. The maximum absolute atomic E-state index is 13.5. The highest BCUT2D eigenvalue weighted by molar-refractivity contribution is 6.31. The van der Waals surface area contributed by atoms with Gasteiger partial charge in [0.15, 0.2) is 5.82 Å². The van der Waals surface area contributed by atoms with Crippen LogP contribution >= 0.6 is 11.6 Å². The number of alkyl halides is 3. The molecular weight excluding hydrogens is 519 g/mol. The summed E-state index contributed by atoms with van der Waals surface area (Å²) in [5, 5.41) is 9.89. The van der Waals surface area contributed by atoms with Crippen molar-refractivity contribution in [3.8, 4) is 17.1 Å². The number of aromatic nitrogens is 5. The lowest BCUT2D eigenvalue weighted by molar-refractivity contribution is -0.137. The van der Waals surface area contributed by atoms with Crippen LogP contribution in [-0.4, -0.2) is 29.6 Å². The van der Waals surface area contributed by atoms with E-state index in [1.165, 1.54) is 16.8 Å². The molecule has 4 aromatic heterocycles. The molecule has 1 aliphatic carbocycles. The van der Waals surface area contributed by atoms with Crippen molar-refractivity contribution >= 4 is 11.6 Å². The molecule has 1 aliphatic rings. The van der Waals surface area contributed by atoms with E-state index in [-0.39, 0.29) is 22.7 Å². The molecule has 4 aromatic rings. The number of rotatable bonds is 5. The number of hydrogen-bond donors (Lipinski definition) is 1. The zero-order chi connectivity index (χ0) is 27.4. The molecule has 0 radical (unpaired) electrons. The molecule has 38 heavy (non-hydrogen) atoms. The number of aliphatic hydroxyl groups is 1. The van der Waals surface area contributed by atoms with Crippen molar-refractivity contribution in [2.45, 2.75) is 51.3 Å². The van der Waals surface area contributed by atoms with Crippen molar-refractivity contribution in [2.24, 2.45) is 0 Å². The first-order chi connectivity index (χ1) is 18.0. The molecule has 3 unspecified atom stereocenters. The van der Waals surface area contributed by atoms with E-state index < -0.39 is 23.4 Å². The predicted octanol–water partition coefficient (Wildman–Crippen LogP) is 5.70. The summed E-state index contributed by atoms with van der Waals surface area (Å²) in [6, 6.07) is 7.65. The minimum Gasteiger partial charge on any atom is -0.385 e. The van der Waals surface area contributed by atoms with E-state index in [1.807, 2.05) is 13.0 Å². The molecule has 7 nitrogen and oxygen atoms in total. The first kappa shape index (κ1) is 26.0. The van der Waals surface area contributed by atoms with Crippen molar-refractivity contribution < 1.29 is 18.3 Å². The lowest BCUT2D eigenvalue weighted by atomic mass is 10.1. The number of aliphatic hydroxyl groups excluding tert-OH is 1. The molecule has 0 aromatic carbocycles. The van der Waals surface area contributed by atoms with Gasteiger partial charge in [0.2, 0.25) is 0 Å². The van der Waals surface area contributed by atoms with E-state index in [9.17, 15) is 23.1 Å². The first-order valence-electron chi connectivity index (χ1n) is 11.9. The minimum absolute atomic E-state index is 0.0613. The quantitative estimate of drug-likeness (QED) is 0.348. The molecule has 1 saturated carbocycles. The summed E-state index contributed by atoms with van der Waals surface area (Å²) in [7, 11) is 0. The van der Waals surface area contributed by atoms with E-state index in [1.54, 1.807) is 32.2 Å². The van der Waals surface area contributed by atoms with Gasteiger partial charge in [-0.1, -0.05) is 11.6 Å². The molecule has 0 spiro atoms. The lowest BCUT2D eigenvalue weighted by Crippen LogP contribution is -2.23. The standard InChI is InChI=1S/C27H23ClF3N5O2/c1-13-11-33-22(21-6-7-32-25(35-21)15(3)37)10-23(13)36-14(2)8-19(24(28)26(36)38)17-9-18(17)20-5-4-16(12-34-20)27(29,30)31/h4-8,10-12,15,17-18,37H,9H2,1-3H3. The Morgan fingerprint density at radius 1 is 1.05 bits per heavy atom. The predicted molar refractivity (Wildman–Crippen MR) is 135 cm³/mol. The third-order valence-electron chi connectivity index (χ3n) is 6.67. The molecule has 3 atom stereocenters.